The molecule has 0 unspecified atom stereocenters. The SMILES string of the molecule is CC(C)N1C[C@@H](C)[C@@H](OC(=O)c2ccccc2)C[C@H]1C. The number of benzene rings is 1. The highest BCUT2D eigenvalue weighted by atomic mass is 16.5. The first-order valence-corrected chi connectivity index (χ1v) is 7.50. The summed E-state index contributed by atoms with van der Waals surface area (Å²) in [5.41, 5.74) is 0.638. The largest absolute Gasteiger partial charge is 0.458 e. The second-order valence-electron chi connectivity index (χ2n) is 6.16. The summed E-state index contributed by atoms with van der Waals surface area (Å²) in [4.78, 5) is 14.6. The van der Waals surface area contributed by atoms with Crippen LogP contribution in [0.5, 0.6) is 0 Å². The van der Waals surface area contributed by atoms with Gasteiger partial charge in [-0.15, -0.1) is 0 Å². The van der Waals surface area contributed by atoms with Gasteiger partial charge in [0, 0.05) is 31.0 Å². The highest BCUT2D eigenvalue weighted by Crippen LogP contribution is 2.27. The number of likely N-dealkylation sites (tertiary alicyclic amines) is 1. The van der Waals surface area contributed by atoms with Crippen molar-refractivity contribution in [3.63, 3.8) is 0 Å². The molecule has 0 spiro atoms. The van der Waals surface area contributed by atoms with Crippen LogP contribution in [-0.2, 0) is 4.74 Å². The molecule has 110 valence electrons. The molecule has 2 rings (SSSR count). The number of nitrogens with zero attached hydrogens (tertiary/aromatic N) is 1. The van der Waals surface area contributed by atoms with Gasteiger partial charge in [0.2, 0.25) is 0 Å². The first-order valence-electron chi connectivity index (χ1n) is 7.50. The van der Waals surface area contributed by atoms with Gasteiger partial charge in [-0.05, 0) is 32.9 Å². The van der Waals surface area contributed by atoms with E-state index in [1.165, 1.54) is 0 Å². The van der Waals surface area contributed by atoms with Crippen LogP contribution >= 0.6 is 0 Å². The summed E-state index contributed by atoms with van der Waals surface area (Å²) in [6, 6.07) is 10.2. The molecule has 0 amide bonds. The Hall–Kier alpha value is -1.35. The molecule has 0 radical (unpaired) electrons. The van der Waals surface area contributed by atoms with Crippen molar-refractivity contribution in [1.29, 1.82) is 0 Å². The first-order chi connectivity index (χ1) is 9.49. The molecule has 3 heteroatoms. The van der Waals surface area contributed by atoms with E-state index in [1.54, 1.807) is 12.1 Å². The molecule has 1 aromatic carbocycles. The van der Waals surface area contributed by atoms with Crippen LogP contribution in [0, 0.1) is 5.92 Å². The molecule has 1 aromatic rings. The molecule has 3 atom stereocenters. The van der Waals surface area contributed by atoms with E-state index in [4.69, 9.17) is 4.74 Å². The van der Waals surface area contributed by atoms with E-state index < -0.39 is 0 Å². The number of hydrogen-bond acceptors (Lipinski definition) is 3. The van der Waals surface area contributed by atoms with Crippen molar-refractivity contribution in [2.45, 2.75) is 52.3 Å². The van der Waals surface area contributed by atoms with Gasteiger partial charge in [-0.25, -0.2) is 4.79 Å². The van der Waals surface area contributed by atoms with Crippen molar-refractivity contribution in [3.05, 3.63) is 35.9 Å². The first kappa shape index (κ1) is 15.0. The van der Waals surface area contributed by atoms with Gasteiger partial charge in [-0.1, -0.05) is 25.1 Å². The summed E-state index contributed by atoms with van der Waals surface area (Å²) in [7, 11) is 0. The lowest BCUT2D eigenvalue weighted by atomic mass is 9.90. The van der Waals surface area contributed by atoms with Crippen LogP contribution in [0.3, 0.4) is 0 Å². The molecular formula is C17H25NO2. The normalized spacial score (nSPS) is 27.6. The zero-order valence-electron chi connectivity index (χ0n) is 12.9. The Morgan fingerprint density at radius 1 is 1.25 bits per heavy atom. The molecule has 0 saturated carbocycles. The number of rotatable bonds is 3. The number of carbonyl (C=O) groups is 1. The minimum atomic E-state index is -0.201. The van der Waals surface area contributed by atoms with E-state index in [0.717, 1.165) is 13.0 Å². The van der Waals surface area contributed by atoms with Gasteiger partial charge < -0.3 is 4.74 Å². The molecule has 0 aromatic heterocycles. The zero-order valence-corrected chi connectivity index (χ0v) is 12.9. The molecule has 0 bridgehead atoms. The second kappa shape index (κ2) is 6.40. The maximum absolute atomic E-state index is 12.1. The van der Waals surface area contributed by atoms with E-state index >= 15 is 0 Å². The third-order valence-corrected chi connectivity index (χ3v) is 4.20. The molecule has 3 nitrogen and oxygen atoms in total. The highest BCUT2D eigenvalue weighted by Gasteiger charge is 2.34. The van der Waals surface area contributed by atoms with Gasteiger partial charge in [0.25, 0.3) is 0 Å². The number of esters is 1. The molecule has 0 N–H and O–H groups in total. The molecule has 1 heterocycles. The lowest BCUT2D eigenvalue weighted by Crippen LogP contribution is -2.51. The molecule has 1 saturated heterocycles. The number of piperidine rings is 1. The third kappa shape index (κ3) is 3.40. The lowest BCUT2D eigenvalue weighted by molar-refractivity contribution is -0.0329. The monoisotopic (exact) mass is 275 g/mol. The van der Waals surface area contributed by atoms with Crippen molar-refractivity contribution >= 4 is 5.97 Å². The number of carbonyl (C=O) groups excluding carboxylic acids is 1. The molecule has 1 fully saturated rings. The molecule has 1 aliphatic rings. The molecule has 20 heavy (non-hydrogen) atoms. The van der Waals surface area contributed by atoms with Crippen molar-refractivity contribution in [1.82, 2.24) is 4.90 Å². The molecular weight excluding hydrogens is 250 g/mol. The average Bonchev–Trinajstić information content (AvgIpc) is 2.43. The summed E-state index contributed by atoms with van der Waals surface area (Å²) >= 11 is 0. The summed E-state index contributed by atoms with van der Waals surface area (Å²) in [6.07, 6.45) is 0.936. The standard InChI is InChI=1S/C17H25NO2/c1-12(2)18-11-13(3)16(10-14(18)4)20-17(19)15-8-6-5-7-9-15/h5-9,12-14,16H,10-11H2,1-4H3/t13-,14-,16+/m1/s1. The quantitative estimate of drug-likeness (QED) is 0.792. The maximum atomic E-state index is 12.1. The van der Waals surface area contributed by atoms with Gasteiger partial charge in [0.1, 0.15) is 6.10 Å². The van der Waals surface area contributed by atoms with Crippen LogP contribution in [0.15, 0.2) is 30.3 Å². The fraction of sp³-hybridized carbons (Fsp3) is 0.588. The maximum Gasteiger partial charge on any atom is 0.338 e. The van der Waals surface area contributed by atoms with Gasteiger partial charge in [0.15, 0.2) is 0 Å². The summed E-state index contributed by atoms with van der Waals surface area (Å²) in [5.74, 6) is 0.175. The number of hydrogen-bond donors (Lipinski definition) is 0. The zero-order chi connectivity index (χ0) is 14.7. The van der Waals surface area contributed by atoms with Crippen molar-refractivity contribution in [3.8, 4) is 0 Å². The Labute approximate surface area is 121 Å². The molecule has 1 aliphatic heterocycles. The third-order valence-electron chi connectivity index (χ3n) is 4.20. The van der Waals surface area contributed by atoms with E-state index in [-0.39, 0.29) is 12.1 Å². The Balaban J connectivity index is 1.99. The van der Waals surface area contributed by atoms with Crippen LogP contribution in [0.2, 0.25) is 0 Å². The van der Waals surface area contributed by atoms with Gasteiger partial charge in [-0.2, -0.15) is 0 Å². The predicted molar refractivity (Wildman–Crippen MR) is 80.7 cm³/mol. The Kier molecular flexibility index (Phi) is 4.81. The van der Waals surface area contributed by atoms with Crippen molar-refractivity contribution < 1.29 is 9.53 Å². The van der Waals surface area contributed by atoms with Crippen LogP contribution in [0.4, 0.5) is 0 Å². The Morgan fingerprint density at radius 3 is 2.50 bits per heavy atom. The summed E-state index contributed by atoms with van der Waals surface area (Å²) < 4.78 is 5.72. The lowest BCUT2D eigenvalue weighted by Gasteiger charge is -2.43. The van der Waals surface area contributed by atoms with Gasteiger partial charge >= 0.3 is 5.97 Å². The fourth-order valence-corrected chi connectivity index (χ4v) is 3.00. The van der Waals surface area contributed by atoms with Crippen LogP contribution in [0.25, 0.3) is 0 Å². The van der Waals surface area contributed by atoms with Gasteiger partial charge in [0.05, 0.1) is 5.56 Å². The minimum absolute atomic E-state index is 0.0210. The van der Waals surface area contributed by atoms with Gasteiger partial charge in [-0.3, -0.25) is 4.90 Å². The Morgan fingerprint density at radius 2 is 1.90 bits per heavy atom. The van der Waals surface area contributed by atoms with E-state index in [9.17, 15) is 4.79 Å². The van der Waals surface area contributed by atoms with Crippen molar-refractivity contribution in [2.24, 2.45) is 5.92 Å². The van der Waals surface area contributed by atoms with E-state index in [1.807, 2.05) is 18.2 Å². The smallest absolute Gasteiger partial charge is 0.338 e. The van der Waals surface area contributed by atoms with Crippen LogP contribution < -0.4 is 0 Å². The Bertz CT molecular complexity index is 444. The predicted octanol–water partition coefficient (Wildman–Crippen LogP) is 3.35. The van der Waals surface area contributed by atoms with Crippen LogP contribution in [-0.4, -0.2) is 35.6 Å². The number of ether oxygens (including phenoxy) is 1. The average molecular weight is 275 g/mol. The van der Waals surface area contributed by atoms with E-state index in [2.05, 4.69) is 32.6 Å². The minimum Gasteiger partial charge on any atom is -0.458 e. The highest BCUT2D eigenvalue weighted by molar-refractivity contribution is 5.89. The van der Waals surface area contributed by atoms with Crippen LogP contribution in [0.1, 0.15) is 44.5 Å². The molecule has 0 aliphatic carbocycles. The fourth-order valence-electron chi connectivity index (χ4n) is 3.00. The van der Waals surface area contributed by atoms with E-state index in [0.29, 0.717) is 23.6 Å². The topological polar surface area (TPSA) is 29.5 Å². The second-order valence-corrected chi connectivity index (χ2v) is 6.16. The summed E-state index contributed by atoms with van der Waals surface area (Å²) in [6.45, 7) is 9.82. The summed E-state index contributed by atoms with van der Waals surface area (Å²) in [5, 5.41) is 0. The van der Waals surface area contributed by atoms with Crippen molar-refractivity contribution in [2.75, 3.05) is 6.54 Å².